The summed E-state index contributed by atoms with van der Waals surface area (Å²) in [4.78, 5) is 23.4. The van der Waals surface area contributed by atoms with Crippen LogP contribution in [0.25, 0.3) is 22.2 Å². The molecule has 2 N–H and O–H groups in total. The van der Waals surface area contributed by atoms with E-state index in [4.69, 9.17) is 9.47 Å². The van der Waals surface area contributed by atoms with Crippen molar-refractivity contribution in [3.05, 3.63) is 24.5 Å². The van der Waals surface area contributed by atoms with Gasteiger partial charge in [-0.15, -0.1) is 0 Å². The van der Waals surface area contributed by atoms with Gasteiger partial charge in [-0.25, -0.2) is 9.97 Å². The van der Waals surface area contributed by atoms with Crippen molar-refractivity contribution < 1.29 is 18.8 Å². The first kappa shape index (κ1) is 18.5. The highest BCUT2D eigenvalue weighted by atomic mass is 31.2. The fraction of sp³-hybridized carbons (Fsp3) is 0.316. The molecule has 0 aromatic carbocycles. The molecule has 0 saturated heterocycles. The number of carbonyl (C=O) groups is 1. The van der Waals surface area contributed by atoms with Gasteiger partial charge in [0.15, 0.2) is 11.5 Å². The second-order valence-electron chi connectivity index (χ2n) is 7.25. The molecule has 1 unspecified atom stereocenters. The largest absolute Gasteiger partial charge is 0.484 e. The van der Waals surface area contributed by atoms with Crippen molar-refractivity contribution in [3.63, 3.8) is 0 Å². The van der Waals surface area contributed by atoms with E-state index in [-0.39, 0.29) is 12.0 Å². The molecule has 0 radical (unpaired) electrons. The first-order valence-electron chi connectivity index (χ1n) is 8.87. The highest BCUT2D eigenvalue weighted by Gasteiger charge is 2.28. The van der Waals surface area contributed by atoms with E-state index < -0.39 is 7.14 Å². The van der Waals surface area contributed by atoms with Crippen LogP contribution < -0.4 is 20.2 Å². The molecule has 0 bridgehead atoms. The molecule has 1 aliphatic heterocycles. The van der Waals surface area contributed by atoms with Gasteiger partial charge in [0.1, 0.15) is 36.8 Å². The fourth-order valence-corrected chi connectivity index (χ4v) is 3.87. The second kappa shape index (κ2) is 6.63. The second-order valence-corrected chi connectivity index (χ2v) is 10.4. The zero-order chi connectivity index (χ0) is 20.1. The molecule has 28 heavy (non-hydrogen) atoms. The summed E-state index contributed by atoms with van der Waals surface area (Å²) in [6.45, 7) is 7.09. The summed E-state index contributed by atoms with van der Waals surface area (Å²) >= 11 is 0. The number of amides is 1. The molecule has 0 spiro atoms. The average Bonchev–Trinajstić information content (AvgIpc) is 3.02. The maximum atomic E-state index is 12.7. The molecule has 146 valence electrons. The van der Waals surface area contributed by atoms with Gasteiger partial charge in [0.05, 0.1) is 11.7 Å². The summed E-state index contributed by atoms with van der Waals surface area (Å²) in [5.74, 6) is 1.29. The Balaban J connectivity index is 1.94. The molecule has 0 saturated carbocycles. The number of nitrogens with zero attached hydrogens (tertiary/aromatic N) is 2. The number of ether oxygens (including phenoxy) is 2. The van der Waals surface area contributed by atoms with Gasteiger partial charge in [0, 0.05) is 30.1 Å². The smallest absolute Gasteiger partial charge is 0.222 e. The molecular formula is C19H21N4O4P. The van der Waals surface area contributed by atoms with Crippen molar-refractivity contribution in [2.75, 3.05) is 25.3 Å². The maximum Gasteiger partial charge on any atom is 0.222 e. The first-order valence-corrected chi connectivity index (χ1v) is 11.5. The Morgan fingerprint density at radius 1 is 1.36 bits per heavy atom. The number of pyridine rings is 2. The van der Waals surface area contributed by atoms with Gasteiger partial charge in [-0.2, -0.15) is 0 Å². The van der Waals surface area contributed by atoms with Crippen LogP contribution in [0.4, 0.5) is 5.82 Å². The van der Waals surface area contributed by atoms with Gasteiger partial charge < -0.3 is 24.3 Å². The Kier molecular flexibility index (Phi) is 4.38. The number of aromatic amines is 1. The topological polar surface area (TPSA) is 106 Å². The summed E-state index contributed by atoms with van der Waals surface area (Å²) in [6, 6.07) is 3.47. The zero-order valence-electron chi connectivity index (χ0n) is 16.1. The summed E-state index contributed by atoms with van der Waals surface area (Å²) in [7, 11) is -2.63. The van der Waals surface area contributed by atoms with Gasteiger partial charge in [0.2, 0.25) is 5.91 Å². The minimum Gasteiger partial charge on any atom is -0.484 e. The van der Waals surface area contributed by atoms with Crippen LogP contribution in [0, 0.1) is 0 Å². The monoisotopic (exact) mass is 400 g/mol. The Labute approximate surface area is 162 Å². The van der Waals surface area contributed by atoms with Crippen LogP contribution in [0.3, 0.4) is 0 Å². The molecular weight excluding hydrogens is 379 g/mol. The number of hydrogen-bond acceptors (Lipinski definition) is 6. The molecule has 8 nitrogen and oxygen atoms in total. The van der Waals surface area contributed by atoms with Crippen LogP contribution in [0.1, 0.15) is 13.8 Å². The van der Waals surface area contributed by atoms with Gasteiger partial charge in [-0.1, -0.05) is 0 Å². The predicted octanol–water partition coefficient (Wildman–Crippen LogP) is 2.99. The molecule has 4 heterocycles. The molecule has 0 fully saturated rings. The lowest BCUT2D eigenvalue weighted by molar-refractivity contribution is -0.114. The van der Waals surface area contributed by atoms with E-state index >= 15 is 0 Å². The molecule has 9 heteroatoms. The van der Waals surface area contributed by atoms with Crippen molar-refractivity contribution in [2.45, 2.75) is 20.0 Å². The molecule has 3 aromatic heterocycles. The minimum absolute atomic E-state index is 0.109. The van der Waals surface area contributed by atoms with E-state index in [0.717, 1.165) is 16.5 Å². The number of anilines is 1. The van der Waals surface area contributed by atoms with E-state index in [2.05, 4.69) is 20.3 Å². The van der Waals surface area contributed by atoms with E-state index in [1.54, 1.807) is 37.9 Å². The number of rotatable bonds is 3. The molecule has 1 atom stereocenters. The van der Waals surface area contributed by atoms with Gasteiger partial charge in [0.25, 0.3) is 0 Å². The number of aromatic nitrogens is 3. The highest BCUT2D eigenvalue weighted by molar-refractivity contribution is 7.69. The van der Waals surface area contributed by atoms with Gasteiger partial charge in [-0.05, 0) is 26.3 Å². The van der Waals surface area contributed by atoms with Crippen molar-refractivity contribution in [1.29, 1.82) is 0 Å². The number of nitrogens with one attached hydrogen (secondary N) is 2. The molecule has 1 amide bonds. The lowest BCUT2D eigenvalue weighted by Gasteiger charge is -2.26. The number of fused-ring (bicyclic) bond motifs is 2. The van der Waals surface area contributed by atoms with Gasteiger partial charge in [-0.3, -0.25) is 4.79 Å². The molecule has 1 aliphatic rings. The van der Waals surface area contributed by atoms with Crippen molar-refractivity contribution >= 4 is 35.2 Å². The van der Waals surface area contributed by atoms with Crippen LogP contribution in [0.15, 0.2) is 24.5 Å². The Morgan fingerprint density at radius 2 is 2.14 bits per heavy atom. The van der Waals surface area contributed by atoms with Crippen molar-refractivity contribution in [2.24, 2.45) is 0 Å². The average molecular weight is 400 g/mol. The van der Waals surface area contributed by atoms with Gasteiger partial charge >= 0.3 is 0 Å². The van der Waals surface area contributed by atoms with Crippen molar-refractivity contribution in [3.8, 4) is 22.8 Å². The minimum atomic E-state index is -2.63. The third-order valence-electron chi connectivity index (χ3n) is 4.39. The molecule has 0 aliphatic carbocycles. The standard InChI is InChI=1S/C19H21N4O4P/c1-10-9-26-19-15(27-10)6-17(28(3,4)25)23-18(19)13-7-20-14-8-21-16(5-12(13)14)22-11(2)24/h5-8,10,20H,9H2,1-4H3,(H,21,22,24). The summed E-state index contributed by atoms with van der Waals surface area (Å²) in [5.41, 5.74) is 2.57. The SMILES string of the molecule is CC(=O)Nc1cc2c(-c3nc(P(C)(C)=O)cc4c3OCC(C)O4)c[nH]c2cn1. The molecule has 4 rings (SSSR count). The quantitative estimate of drug-likeness (QED) is 0.655. The fourth-order valence-electron chi connectivity index (χ4n) is 3.10. The van der Waals surface area contributed by atoms with Crippen LogP contribution in [0.5, 0.6) is 11.5 Å². The maximum absolute atomic E-state index is 12.7. The highest BCUT2D eigenvalue weighted by Crippen LogP contribution is 2.45. The van der Waals surface area contributed by atoms with E-state index in [9.17, 15) is 9.36 Å². The van der Waals surface area contributed by atoms with Crippen LogP contribution >= 0.6 is 7.14 Å². The number of H-pyrrole nitrogens is 1. The third-order valence-corrected chi connectivity index (χ3v) is 5.73. The lowest BCUT2D eigenvalue weighted by atomic mass is 10.1. The Bertz CT molecular complexity index is 1130. The third kappa shape index (κ3) is 3.36. The van der Waals surface area contributed by atoms with E-state index in [0.29, 0.717) is 35.1 Å². The predicted molar refractivity (Wildman–Crippen MR) is 108 cm³/mol. The summed E-state index contributed by atoms with van der Waals surface area (Å²) in [6.07, 6.45) is 3.33. The van der Waals surface area contributed by atoms with Crippen LogP contribution in [-0.4, -0.2) is 46.9 Å². The normalized spacial score (nSPS) is 16.2. The Morgan fingerprint density at radius 3 is 2.86 bits per heavy atom. The number of hydrogen-bond donors (Lipinski definition) is 2. The molecule has 3 aromatic rings. The van der Waals surface area contributed by atoms with E-state index in [1.807, 2.05) is 6.92 Å². The zero-order valence-corrected chi connectivity index (χ0v) is 17.0. The lowest BCUT2D eigenvalue weighted by Crippen LogP contribution is -2.27. The van der Waals surface area contributed by atoms with E-state index in [1.165, 1.54) is 6.92 Å². The summed E-state index contributed by atoms with van der Waals surface area (Å²) in [5, 5.41) is 3.50. The first-order chi connectivity index (χ1) is 13.2. The van der Waals surface area contributed by atoms with Crippen LogP contribution in [-0.2, 0) is 9.36 Å². The summed E-state index contributed by atoms with van der Waals surface area (Å²) < 4.78 is 24.6. The van der Waals surface area contributed by atoms with Crippen molar-refractivity contribution in [1.82, 2.24) is 15.0 Å². The van der Waals surface area contributed by atoms with Crippen LogP contribution in [0.2, 0.25) is 0 Å². The number of carbonyl (C=O) groups excluding carboxylic acids is 1. The Hall–Kier alpha value is -2.86.